The summed E-state index contributed by atoms with van der Waals surface area (Å²) in [5.41, 5.74) is 3.16. The van der Waals surface area contributed by atoms with Crippen LogP contribution in [0.15, 0.2) is 78.0 Å². The second-order valence-electron chi connectivity index (χ2n) is 4.74. The van der Waals surface area contributed by atoms with Crippen LogP contribution >= 0.6 is 11.8 Å². The van der Waals surface area contributed by atoms with E-state index in [4.69, 9.17) is 0 Å². The SMILES string of the molecule is O=Cc1cccc(SCc2cccc(-n3cccc3)c2)c1. The molecular weight excluding hydrogens is 278 g/mol. The van der Waals surface area contributed by atoms with Gasteiger partial charge in [0.25, 0.3) is 0 Å². The third kappa shape index (κ3) is 3.44. The van der Waals surface area contributed by atoms with Crippen molar-refractivity contribution >= 4 is 18.0 Å². The molecule has 0 atom stereocenters. The molecule has 0 fully saturated rings. The van der Waals surface area contributed by atoms with Crippen LogP contribution in [0.3, 0.4) is 0 Å². The lowest BCUT2D eigenvalue weighted by molar-refractivity contribution is 0.112. The summed E-state index contributed by atoms with van der Waals surface area (Å²) in [5, 5.41) is 0. The van der Waals surface area contributed by atoms with Crippen molar-refractivity contribution in [1.82, 2.24) is 4.57 Å². The quantitative estimate of drug-likeness (QED) is 0.507. The Morgan fingerprint density at radius 2 is 1.76 bits per heavy atom. The standard InChI is InChI=1S/C18H15NOS/c20-13-15-5-4-8-18(12-15)21-14-16-6-3-7-17(11-16)19-9-1-2-10-19/h1-13H,14H2. The summed E-state index contributed by atoms with van der Waals surface area (Å²) in [4.78, 5) is 11.9. The molecule has 0 aliphatic rings. The smallest absolute Gasteiger partial charge is 0.150 e. The number of rotatable bonds is 5. The molecule has 0 N–H and O–H groups in total. The summed E-state index contributed by atoms with van der Waals surface area (Å²) in [6.07, 6.45) is 4.97. The monoisotopic (exact) mass is 293 g/mol. The van der Waals surface area contributed by atoms with E-state index in [9.17, 15) is 4.79 Å². The van der Waals surface area contributed by atoms with Gasteiger partial charge in [0, 0.05) is 34.3 Å². The molecule has 0 saturated heterocycles. The van der Waals surface area contributed by atoms with Gasteiger partial charge in [-0.25, -0.2) is 0 Å². The minimum atomic E-state index is 0.723. The average Bonchev–Trinajstić information content (AvgIpc) is 3.08. The Morgan fingerprint density at radius 3 is 2.57 bits per heavy atom. The van der Waals surface area contributed by atoms with Gasteiger partial charge in [0.15, 0.2) is 0 Å². The van der Waals surface area contributed by atoms with Crippen molar-refractivity contribution in [3.63, 3.8) is 0 Å². The third-order valence-corrected chi connectivity index (χ3v) is 4.28. The maximum Gasteiger partial charge on any atom is 0.150 e. The van der Waals surface area contributed by atoms with E-state index < -0.39 is 0 Å². The fraction of sp³-hybridized carbons (Fsp3) is 0.0556. The van der Waals surface area contributed by atoms with Crippen LogP contribution < -0.4 is 0 Å². The minimum absolute atomic E-state index is 0.723. The molecular formula is C18H15NOS. The first-order valence-corrected chi connectivity index (χ1v) is 7.74. The Hall–Kier alpha value is -2.26. The number of carbonyl (C=O) groups excluding carboxylic acids is 1. The predicted octanol–water partition coefficient (Wildman–Crippen LogP) is 4.58. The molecule has 0 radical (unpaired) electrons. The van der Waals surface area contributed by atoms with E-state index in [1.165, 1.54) is 11.3 Å². The summed E-state index contributed by atoms with van der Waals surface area (Å²) in [6, 6.07) is 20.2. The fourth-order valence-corrected chi connectivity index (χ4v) is 3.06. The van der Waals surface area contributed by atoms with E-state index in [0.29, 0.717) is 0 Å². The highest BCUT2D eigenvalue weighted by Crippen LogP contribution is 2.24. The van der Waals surface area contributed by atoms with Crippen LogP contribution in [0, 0.1) is 0 Å². The summed E-state index contributed by atoms with van der Waals surface area (Å²) in [7, 11) is 0. The van der Waals surface area contributed by atoms with Gasteiger partial charge in [0.05, 0.1) is 0 Å². The Kier molecular flexibility index (Phi) is 4.22. The topological polar surface area (TPSA) is 22.0 Å². The molecule has 0 aliphatic heterocycles. The molecule has 0 amide bonds. The molecule has 21 heavy (non-hydrogen) atoms. The molecule has 2 aromatic carbocycles. The van der Waals surface area contributed by atoms with Crippen LogP contribution in [0.4, 0.5) is 0 Å². The number of nitrogens with zero attached hydrogens (tertiary/aromatic N) is 1. The Bertz CT molecular complexity index is 734. The van der Waals surface area contributed by atoms with Crippen molar-refractivity contribution in [2.45, 2.75) is 10.6 Å². The number of benzene rings is 2. The van der Waals surface area contributed by atoms with Gasteiger partial charge in [0.2, 0.25) is 0 Å². The molecule has 0 unspecified atom stereocenters. The summed E-state index contributed by atoms with van der Waals surface area (Å²) in [5.74, 6) is 0.886. The van der Waals surface area contributed by atoms with Crippen molar-refractivity contribution in [2.24, 2.45) is 0 Å². The fourth-order valence-electron chi connectivity index (χ4n) is 2.16. The van der Waals surface area contributed by atoms with Crippen molar-refractivity contribution in [1.29, 1.82) is 0 Å². The zero-order chi connectivity index (χ0) is 14.5. The molecule has 0 bridgehead atoms. The third-order valence-electron chi connectivity index (χ3n) is 3.21. The van der Waals surface area contributed by atoms with Crippen LogP contribution in [0.1, 0.15) is 15.9 Å². The number of hydrogen-bond acceptors (Lipinski definition) is 2. The molecule has 0 spiro atoms. The maximum absolute atomic E-state index is 10.8. The maximum atomic E-state index is 10.8. The molecule has 3 heteroatoms. The van der Waals surface area contributed by atoms with Crippen molar-refractivity contribution in [3.05, 3.63) is 84.2 Å². The van der Waals surface area contributed by atoms with Gasteiger partial charge >= 0.3 is 0 Å². The predicted molar refractivity (Wildman–Crippen MR) is 87.2 cm³/mol. The molecule has 104 valence electrons. The average molecular weight is 293 g/mol. The van der Waals surface area contributed by atoms with Crippen LogP contribution in [-0.4, -0.2) is 10.9 Å². The molecule has 2 nitrogen and oxygen atoms in total. The molecule has 3 rings (SSSR count). The zero-order valence-electron chi connectivity index (χ0n) is 11.5. The van der Waals surface area contributed by atoms with Crippen molar-refractivity contribution in [2.75, 3.05) is 0 Å². The van der Waals surface area contributed by atoms with E-state index in [2.05, 4.69) is 28.8 Å². The normalized spacial score (nSPS) is 10.5. The van der Waals surface area contributed by atoms with Crippen LogP contribution in [0.2, 0.25) is 0 Å². The summed E-state index contributed by atoms with van der Waals surface area (Å²) >= 11 is 1.74. The van der Waals surface area contributed by atoms with Crippen molar-refractivity contribution in [3.8, 4) is 5.69 Å². The molecule has 1 heterocycles. The summed E-state index contributed by atoms with van der Waals surface area (Å²) < 4.78 is 2.10. The van der Waals surface area contributed by atoms with Gasteiger partial charge in [-0.3, -0.25) is 4.79 Å². The van der Waals surface area contributed by atoms with Gasteiger partial charge in [-0.1, -0.05) is 24.3 Å². The minimum Gasteiger partial charge on any atom is -0.324 e. The highest BCUT2D eigenvalue weighted by molar-refractivity contribution is 7.98. The number of aldehydes is 1. The Balaban J connectivity index is 1.73. The first-order chi connectivity index (χ1) is 10.3. The lowest BCUT2D eigenvalue weighted by Gasteiger charge is -2.07. The van der Waals surface area contributed by atoms with Crippen molar-refractivity contribution < 1.29 is 4.79 Å². The highest BCUT2D eigenvalue weighted by atomic mass is 32.2. The molecule has 0 saturated carbocycles. The molecule has 3 aromatic rings. The number of carbonyl (C=O) groups is 1. The van der Waals surface area contributed by atoms with E-state index in [1.807, 2.05) is 48.8 Å². The highest BCUT2D eigenvalue weighted by Gasteiger charge is 2.00. The second-order valence-corrected chi connectivity index (χ2v) is 5.79. The van der Waals surface area contributed by atoms with E-state index in [-0.39, 0.29) is 0 Å². The zero-order valence-corrected chi connectivity index (χ0v) is 12.3. The molecule has 0 aliphatic carbocycles. The largest absolute Gasteiger partial charge is 0.324 e. The van der Waals surface area contributed by atoms with Crippen LogP contribution in [-0.2, 0) is 5.75 Å². The van der Waals surface area contributed by atoms with Gasteiger partial charge in [-0.2, -0.15) is 0 Å². The van der Waals surface area contributed by atoms with Gasteiger partial charge in [-0.05, 0) is 42.0 Å². The first-order valence-electron chi connectivity index (χ1n) is 6.75. The second kappa shape index (κ2) is 6.46. The summed E-state index contributed by atoms with van der Waals surface area (Å²) in [6.45, 7) is 0. The Morgan fingerprint density at radius 1 is 0.952 bits per heavy atom. The van der Waals surface area contributed by atoms with E-state index in [1.54, 1.807) is 11.8 Å². The van der Waals surface area contributed by atoms with Gasteiger partial charge in [-0.15, -0.1) is 11.8 Å². The lowest BCUT2D eigenvalue weighted by Crippen LogP contribution is -1.91. The van der Waals surface area contributed by atoms with Crippen LogP contribution in [0.25, 0.3) is 5.69 Å². The van der Waals surface area contributed by atoms with Crippen LogP contribution in [0.5, 0.6) is 0 Å². The van der Waals surface area contributed by atoms with E-state index >= 15 is 0 Å². The van der Waals surface area contributed by atoms with Gasteiger partial charge in [0.1, 0.15) is 6.29 Å². The number of thioether (sulfide) groups is 1. The number of aromatic nitrogens is 1. The number of hydrogen-bond donors (Lipinski definition) is 0. The van der Waals surface area contributed by atoms with E-state index in [0.717, 1.165) is 22.5 Å². The first kappa shape index (κ1) is 13.7. The van der Waals surface area contributed by atoms with Gasteiger partial charge < -0.3 is 4.57 Å². The Labute approximate surface area is 128 Å². The lowest BCUT2D eigenvalue weighted by atomic mass is 10.2. The molecule has 1 aromatic heterocycles.